The molecule has 1 fully saturated rings. The predicted molar refractivity (Wildman–Crippen MR) is 46.4 cm³/mol. The van der Waals surface area contributed by atoms with Gasteiger partial charge in [-0.1, -0.05) is 12.1 Å². The SMILES string of the molecule is CCC1OCCC1c1nc(C)no1. The first-order chi connectivity index (χ1) is 6.31. The van der Waals surface area contributed by atoms with Crippen molar-refractivity contribution in [1.29, 1.82) is 0 Å². The molecule has 2 rings (SSSR count). The van der Waals surface area contributed by atoms with Crippen molar-refractivity contribution < 1.29 is 9.26 Å². The first-order valence-corrected chi connectivity index (χ1v) is 4.73. The van der Waals surface area contributed by atoms with Gasteiger partial charge in [-0.05, 0) is 19.8 Å². The molecule has 0 aromatic carbocycles. The molecule has 0 amide bonds. The molecular formula is C9H14N2O2. The summed E-state index contributed by atoms with van der Waals surface area (Å²) in [5.41, 5.74) is 0. The maximum absolute atomic E-state index is 5.55. The summed E-state index contributed by atoms with van der Waals surface area (Å²) in [4.78, 5) is 4.23. The van der Waals surface area contributed by atoms with Crippen LogP contribution in [0.3, 0.4) is 0 Å². The molecule has 2 atom stereocenters. The molecule has 1 aromatic rings. The zero-order valence-electron chi connectivity index (χ0n) is 7.99. The van der Waals surface area contributed by atoms with Gasteiger partial charge in [0.25, 0.3) is 0 Å². The predicted octanol–water partition coefficient (Wildman–Crippen LogP) is 1.66. The fourth-order valence-corrected chi connectivity index (χ4v) is 1.80. The summed E-state index contributed by atoms with van der Waals surface area (Å²) in [6.45, 7) is 4.76. The monoisotopic (exact) mass is 182 g/mol. The molecule has 4 heteroatoms. The number of aryl methyl sites for hydroxylation is 1. The van der Waals surface area contributed by atoms with E-state index in [9.17, 15) is 0 Å². The number of nitrogens with zero attached hydrogens (tertiary/aromatic N) is 2. The van der Waals surface area contributed by atoms with Crippen molar-refractivity contribution >= 4 is 0 Å². The van der Waals surface area contributed by atoms with Crippen LogP contribution in [-0.2, 0) is 4.74 Å². The van der Waals surface area contributed by atoms with Gasteiger partial charge in [-0.15, -0.1) is 0 Å². The Bertz CT molecular complexity index is 285. The molecular weight excluding hydrogens is 168 g/mol. The molecule has 2 unspecified atom stereocenters. The van der Waals surface area contributed by atoms with Gasteiger partial charge < -0.3 is 9.26 Å². The zero-order chi connectivity index (χ0) is 9.26. The fraction of sp³-hybridized carbons (Fsp3) is 0.778. The second-order valence-electron chi connectivity index (χ2n) is 3.39. The van der Waals surface area contributed by atoms with Crippen LogP contribution in [0, 0.1) is 6.92 Å². The van der Waals surface area contributed by atoms with Crippen molar-refractivity contribution in [3.63, 3.8) is 0 Å². The van der Waals surface area contributed by atoms with Crippen LogP contribution in [-0.4, -0.2) is 22.9 Å². The molecule has 1 aliphatic rings. The Kier molecular flexibility index (Phi) is 2.31. The average molecular weight is 182 g/mol. The molecule has 0 aliphatic carbocycles. The van der Waals surface area contributed by atoms with E-state index >= 15 is 0 Å². The van der Waals surface area contributed by atoms with Crippen LogP contribution in [0.4, 0.5) is 0 Å². The minimum absolute atomic E-state index is 0.264. The summed E-state index contributed by atoms with van der Waals surface area (Å²) >= 11 is 0. The third-order valence-corrected chi connectivity index (χ3v) is 2.47. The van der Waals surface area contributed by atoms with E-state index in [0.717, 1.165) is 25.3 Å². The Morgan fingerprint density at radius 2 is 2.38 bits per heavy atom. The number of aromatic nitrogens is 2. The highest BCUT2D eigenvalue weighted by molar-refractivity contribution is 4.99. The molecule has 0 bridgehead atoms. The molecule has 0 spiro atoms. The fourth-order valence-electron chi connectivity index (χ4n) is 1.80. The third-order valence-electron chi connectivity index (χ3n) is 2.47. The normalized spacial score (nSPS) is 28.2. The Morgan fingerprint density at radius 3 is 3.00 bits per heavy atom. The molecule has 2 heterocycles. The van der Waals surface area contributed by atoms with E-state index in [1.54, 1.807) is 0 Å². The smallest absolute Gasteiger partial charge is 0.232 e. The lowest BCUT2D eigenvalue weighted by atomic mass is 10.00. The molecule has 72 valence electrons. The van der Waals surface area contributed by atoms with Gasteiger partial charge in [0.15, 0.2) is 5.82 Å². The quantitative estimate of drug-likeness (QED) is 0.698. The van der Waals surface area contributed by atoms with E-state index in [0.29, 0.717) is 11.7 Å². The number of rotatable bonds is 2. The maximum Gasteiger partial charge on any atom is 0.232 e. The van der Waals surface area contributed by atoms with Gasteiger partial charge in [-0.25, -0.2) is 0 Å². The average Bonchev–Trinajstić information content (AvgIpc) is 2.71. The maximum atomic E-state index is 5.55. The minimum Gasteiger partial charge on any atom is -0.377 e. The lowest BCUT2D eigenvalue weighted by molar-refractivity contribution is 0.0953. The van der Waals surface area contributed by atoms with Crippen molar-refractivity contribution in [3.8, 4) is 0 Å². The third kappa shape index (κ3) is 1.58. The highest BCUT2D eigenvalue weighted by atomic mass is 16.5. The van der Waals surface area contributed by atoms with E-state index in [1.807, 2.05) is 6.92 Å². The van der Waals surface area contributed by atoms with E-state index in [-0.39, 0.29) is 6.10 Å². The van der Waals surface area contributed by atoms with Crippen molar-refractivity contribution in [2.45, 2.75) is 38.7 Å². The van der Waals surface area contributed by atoms with Crippen molar-refractivity contribution in [1.82, 2.24) is 10.1 Å². The van der Waals surface area contributed by atoms with Crippen LogP contribution in [0.1, 0.15) is 37.4 Å². The number of ether oxygens (including phenoxy) is 1. The molecule has 1 aromatic heterocycles. The summed E-state index contributed by atoms with van der Waals surface area (Å²) in [7, 11) is 0. The second-order valence-corrected chi connectivity index (χ2v) is 3.39. The Hall–Kier alpha value is -0.900. The van der Waals surface area contributed by atoms with Gasteiger partial charge in [0.2, 0.25) is 5.89 Å². The minimum atomic E-state index is 0.264. The van der Waals surface area contributed by atoms with Crippen LogP contribution in [0.2, 0.25) is 0 Å². The topological polar surface area (TPSA) is 48.2 Å². The van der Waals surface area contributed by atoms with Crippen LogP contribution in [0.5, 0.6) is 0 Å². The second kappa shape index (κ2) is 3.46. The van der Waals surface area contributed by atoms with E-state index in [1.165, 1.54) is 0 Å². The summed E-state index contributed by atoms with van der Waals surface area (Å²) in [6.07, 6.45) is 2.27. The molecule has 1 saturated heterocycles. The van der Waals surface area contributed by atoms with Gasteiger partial charge in [-0.2, -0.15) is 4.98 Å². The van der Waals surface area contributed by atoms with Gasteiger partial charge in [0.1, 0.15) is 0 Å². The molecule has 4 nitrogen and oxygen atoms in total. The lowest BCUT2D eigenvalue weighted by Gasteiger charge is -2.11. The highest BCUT2D eigenvalue weighted by Crippen LogP contribution is 2.31. The van der Waals surface area contributed by atoms with Crippen LogP contribution in [0.15, 0.2) is 4.52 Å². The molecule has 13 heavy (non-hydrogen) atoms. The van der Waals surface area contributed by atoms with E-state index in [2.05, 4.69) is 17.1 Å². The Morgan fingerprint density at radius 1 is 1.54 bits per heavy atom. The summed E-state index contributed by atoms with van der Waals surface area (Å²) < 4.78 is 10.7. The summed E-state index contributed by atoms with van der Waals surface area (Å²) in [6, 6.07) is 0. The lowest BCUT2D eigenvalue weighted by Crippen LogP contribution is -2.13. The summed E-state index contributed by atoms with van der Waals surface area (Å²) in [5, 5.41) is 3.79. The van der Waals surface area contributed by atoms with Crippen LogP contribution >= 0.6 is 0 Å². The summed E-state index contributed by atoms with van der Waals surface area (Å²) in [5.74, 6) is 1.75. The van der Waals surface area contributed by atoms with Gasteiger partial charge >= 0.3 is 0 Å². The number of hydrogen-bond donors (Lipinski definition) is 0. The molecule has 0 radical (unpaired) electrons. The van der Waals surface area contributed by atoms with Crippen LogP contribution < -0.4 is 0 Å². The van der Waals surface area contributed by atoms with Crippen molar-refractivity contribution in [3.05, 3.63) is 11.7 Å². The molecule has 0 N–H and O–H groups in total. The van der Waals surface area contributed by atoms with E-state index < -0.39 is 0 Å². The largest absolute Gasteiger partial charge is 0.377 e. The van der Waals surface area contributed by atoms with Crippen molar-refractivity contribution in [2.24, 2.45) is 0 Å². The molecule has 0 saturated carbocycles. The van der Waals surface area contributed by atoms with Gasteiger partial charge in [0.05, 0.1) is 12.0 Å². The first-order valence-electron chi connectivity index (χ1n) is 4.73. The van der Waals surface area contributed by atoms with Crippen LogP contribution in [0.25, 0.3) is 0 Å². The highest BCUT2D eigenvalue weighted by Gasteiger charge is 2.32. The number of hydrogen-bond acceptors (Lipinski definition) is 4. The van der Waals surface area contributed by atoms with E-state index in [4.69, 9.17) is 9.26 Å². The Labute approximate surface area is 77.3 Å². The standard InChI is InChI=1S/C9H14N2O2/c1-3-8-7(4-5-12-8)9-10-6(2)11-13-9/h7-8H,3-5H2,1-2H3. The zero-order valence-corrected chi connectivity index (χ0v) is 7.99. The first kappa shape index (κ1) is 8.69. The van der Waals surface area contributed by atoms with Crippen molar-refractivity contribution in [2.75, 3.05) is 6.61 Å². The van der Waals surface area contributed by atoms with Gasteiger partial charge in [0, 0.05) is 6.61 Å². The molecule has 1 aliphatic heterocycles. The van der Waals surface area contributed by atoms with Gasteiger partial charge in [-0.3, -0.25) is 0 Å². The Balaban J connectivity index is 2.15.